The Morgan fingerprint density at radius 3 is 2.89 bits per heavy atom. The van der Waals surface area contributed by atoms with E-state index in [0.717, 1.165) is 4.68 Å². The minimum absolute atomic E-state index is 0.0652. The summed E-state index contributed by atoms with van der Waals surface area (Å²) in [5, 5.41) is 18.3. The van der Waals surface area contributed by atoms with E-state index in [-0.39, 0.29) is 18.8 Å². The largest absolute Gasteiger partial charge is 0.480 e. The van der Waals surface area contributed by atoms with Gasteiger partial charge in [-0.15, -0.1) is 5.10 Å². The highest BCUT2D eigenvalue weighted by molar-refractivity contribution is 5.91. The van der Waals surface area contributed by atoms with Crippen LogP contribution in [0.25, 0.3) is 0 Å². The number of aliphatic carboxylic acids is 1. The third-order valence-electron chi connectivity index (χ3n) is 2.40. The summed E-state index contributed by atoms with van der Waals surface area (Å²) < 4.78 is 2.86. The Balaban J connectivity index is 1.94. The highest BCUT2D eigenvalue weighted by Crippen LogP contribution is 1.96. The van der Waals surface area contributed by atoms with Crippen molar-refractivity contribution < 1.29 is 14.7 Å². The number of carboxylic acid groups (broad SMARTS) is 1. The van der Waals surface area contributed by atoms with Crippen molar-refractivity contribution in [2.75, 3.05) is 0 Å². The number of aryl methyl sites for hydroxylation is 1. The zero-order chi connectivity index (χ0) is 13.8. The molecule has 9 nitrogen and oxygen atoms in total. The zero-order valence-electron chi connectivity index (χ0n) is 10.1. The Bertz CT molecular complexity index is 602. The van der Waals surface area contributed by atoms with Crippen LogP contribution >= 0.6 is 0 Å². The standard InChI is InChI=1S/C10H12N6O3/c1-15-3-2-11-8(15)4-12-10(19)7-5-16(14-13-7)6-9(17)18/h2-3,5H,4,6H2,1H3,(H,12,19)(H,17,18). The first-order valence-corrected chi connectivity index (χ1v) is 5.42. The van der Waals surface area contributed by atoms with Gasteiger partial charge >= 0.3 is 5.97 Å². The van der Waals surface area contributed by atoms with Crippen LogP contribution in [0.5, 0.6) is 0 Å². The highest BCUT2D eigenvalue weighted by atomic mass is 16.4. The smallest absolute Gasteiger partial charge is 0.325 e. The Morgan fingerprint density at radius 2 is 2.26 bits per heavy atom. The monoisotopic (exact) mass is 264 g/mol. The Labute approximate surface area is 107 Å². The van der Waals surface area contributed by atoms with Crippen molar-refractivity contribution in [1.82, 2.24) is 29.9 Å². The van der Waals surface area contributed by atoms with E-state index < -0.39 is 11.9 Å². The van der Waals surface area contributed by atoms with Gasteiger partial charge in [0.15, 0.2) is 5.69 Å². The molecule has 0 fully saturated rings. The number of amides is 1. The molecule has 2 N–H and O–H groups in total. The van der Waals surface area contributed by atoms with Crippen LogP contribution in [0.3, 0.4) is 0 Å². The maximum atomic E-state index is 11.7. The van der Waals surface area contributed by atoms with E-state index in [1.807, 2.05) is 7.05 Å². The lowest BCUT2D eigenvalue weighted by Crippen LogP contribution is -2.24. The SMILES string of the molecule is Cn1ccnc1CNC(=O)c1cn(CC(=O)O)nn1. The molecule has 9 heteroatoms. The summed E-state index contributed by atoms with van der Waals surface area (Å²) >= 11 is 0. The predicted octanol–water partition coefficient (Wildman–Crippen LogP) is -0.974. The number of carbonyl (C=O) groups is 2. The first-order valence-electron chi connectivity index (χ1n) is 5.42. The van der Waals surface area contributed by atoms with Crippen molar-refractivity contribution in [3.05, 3.63) is 30.1 Å². The van der Waals surface area contributed by atoms with Crippen molar-refractivity contribution >= 4 is 11.9 Å². The normalized spacial score (nSPS) is 10.4. The Kier molecular flexibility index (Phi) is 3.55. The number of nitrogens with one attached hydrogen (secondary N) is 1. The molecule has 0 aliphatic rings. The van der Waals surface area contributed by atoms with Crippen LogP contribution in [0.1, 0.15) is 16.3 Å². The van der Waals surface area contributed by atoms with E-state index in [1.54, 1.807) is 17.0 Å². The summed E-state index contributed by atoms with van der Waals surface area (Å²) in [6, 6.07) is 0. The summed E-state index contributed by atoms with van der Waals surface area (Å²) in [4.78, 5) is 26.3. The summed E-state index contributed by atoms with van der Waals surface area (Å²) in [6.45, 7) is -0.0756. The fourth-order valence-corrected chi connectivity index (χ4v) is 1.44. The fourth-order valence-electron chi connectivity index (χ4n) is 1.44. The van der Waals surface area contributed by atoms with Crippen molar-refractivity contribution in [3.63, 3.8) is 0 Å². The predicted molar refractivity (Wildman–Crippen MR) is 62.0 cm³/mol. The minimum atomic E-state index is -1.05. The van der Waals surface area contributed by atoms with Gasteiger partial charge in [0, 0.05) is 19.4 Å². The molecule has 0 spiro atoms. The lowest BCUT2D eigenvalue weighted by atomic mass is 10.4. The van der Waals surface area contributed by atoms with E-state index >= 15 is 0 Å². The van der Waals surface area contributed by atoms with E-state index in [2.05, 4.69) is 20.6 Å². The number of rotatable bonds is 5. The molecule has 100 valence electrons. The molecule has 0 radical (unpaired) electrons. The third kappa shape index (κ3) is 3.15. The number of aromatic nitrogens is 5. The lowest BCUT2D eigenvalue weighted by molar-refractivity contribution is -0.137. The maximum absolute atomic E-state index is 11.7. The summed E-state index contributed by atoms with van der Waals surface area (Å²) in [5.41, 5.74) is 0.0652. The van der Waals surface area contributed by atoms with E-state index in [0.29, 0.717) is 5.82 Å². The Morgan fingerprint density at radius 1 is 1.47 bits per heavy atom. The molecule has 0 aliphatic carbocycles. The fraction of sp³-hybridized carbons (Fsp3) is 0.300. The lowest BCUT2D eigenvalue weighted by Gasteiger charge is -2.02. The molecule has 0 unspecified atom stereocenters. The van der Waals surface area contributed by atoms with Gasteiger partial charge in [-0.25, -0.2) is 9.67 Å². The third-order valence-corrected chi connectivity index (χ3v) is 2.40. The highest BCUT2D eigenvalue weighted by Gasteiger charge is 2.12. The topological polar surface area (TPSA) is 115 Å². The van der Waals surface area contributed by atoms with Gasteiger partial charge in [-0.1, -0.05) is 5.21 Å². The van der Waals surface area contributed by atoms with Gasteiger partial charge in [-0.05, 0) is 0 Å². The summed E-state index contributed by atoms with van der Waals surface area (Å²) in [5.74, 6) is -0.782. The van der Waals surface area contributed by atoms with Crippen LogP contribution < -0.4 is 5.32 Å². The molecule has 2 aromatic heterocycles. The van der Waals surface area contributed by atoms with Crippen LogP contribution in [-0.4, -0.2) is 41.5 Å². The van der Waals surface area contributed by atoms with E-state index in [1.165, 1.54) is 6.20 Å². The molecule has 1 amide bonds. The molecule has 0 aliphatic heterocycles. The second-order valence-corrected chi connectivity index (χ2v) is 3.83. The molecule has 0 aromatic carbocycles. The average Bonchev–Trinajstić information content (AvgIpc) is 2.95. The van der Waals surface area contributed by atoms with Crippen LogP contribution in [0, 0.1) is 0 Å². The van der Waals surface area contributed by atoms with E-state index in [9.17, 15) is 9.59 Å². The van der Waals surface area contributed by atoms with Crippen LogP contribution in [0.15, 0.2) is 18.6 Å². The van der Waals surface area contributed by atoms with Crippen LogP contribution in [0.2, 0.25) is 0 Å². The average molecular weight is 264 g/mol. The molecule has 0 bridgehead atoms. The zero-order valence-corrected chi connectivity index (χ0v) is 10.1. The van der Waals surface area contributed by atoms with Gasteiger partial charge in [0.05, 0.1) is 12.7 Å². The van der Waals surface area contributed by atoms with Crippen molar-refractivity contribution in [1.29, 1.82) is 0 Å². The minimum Gasteiger partial charge on any atom is -0.480 e. The second-order valence-electron chi connectivity index (χ2n) is 3.83. The first kappa shape index (κ1) is 12.7. The summed E-state index contributed by atoms with van der Waals surface area (Å²) in [6.07, 6.45) is 4.68. The molecule has 2 rings (SSSR count). The molecule has 0 atom stereocenters. The van der Waals surface area contributed by atoms with Crippen LogP contribution in [-0.2, 0) is 24.9 Å². The van der Waals surface area contributed by atoms with Gasteiger partial charge < -0.3 is 15.0 Å². The first-order chi connectivity index (χ1) is 9.06. The van der Waals surface area contributed by atoms with Crippen molar-refractivity contribution in [2.24, 2.45) is 7.05 Å². The van der Waals surface area contributed by atoms with Gasteiger partial charge in [0.1, 0.15) is 12.4 Å². The van der Waals surface area contributed by atoms with Crippen LogP contribution in [0.4, 0.5) is 0 Å². The molecular weight excluding hydrogens is 252 g/mol. The van der Waals surface area contributed by atoms with Crippen molar-refractivity contribution in [2.45, 2.75) is 13.1 Å². The number of carbonyl (C=O) groups excluding carboxylic acids is 1. The number of hydrogen-bond donors (Lipinski definition) is 2. The van der Waals surface area contributed by atoms with Gasteiger partial charge in [0.25, 0.3) is 5.91 Å². The molecule has 2 heterocycles. The number of hydrogen-bond acceptors (Lipinski definition) is 5. The summed E-state index contributed by atoms with van der Waals surface area (Å²) in [7, 11) is 1.82. The molecule has 0 saturated carbocycles. The molecule has 2 aromatic rings. The quantitative estimate of drug-likeness (QED) is 0.717. The molecule has 19 heavy (non-hydrogen) atoms. The van der Waals surface area contributed by atoms with Gasteiger partial charge in [-0.2, -0.15) is 0 Å². The Hall–Kier alpha value is -2.71. The second kappa shape index (κ2) is 5.29. The maximum Gasteiger partial charge on any atom is 0.325 e. The molecular formula is C10H12N6O3. The van der Waals surface area contributed by atoms with E-state index in [4.69, 9.17) is 5.11 Å². The number of nitrogens with zero attached hydrogens (tertiary/aromatic N) is 5. The molecule has 0 saturated heterocycles. The number of carboxylic acids is 1. The van der Waals surface area contributed by atoms with Gasteiger partial charge in [0.2, 0.25) is 0 Å². The van der Waals surface area contributed by atoms with Crippen molar-refractivity contribution in [3.8, 4) is 0 Å². The number of imidazole rings is 1. The van der Waals surface area contributed by atoms with Gasteiger partial charge in [-0.3, -0.25) is 9.59 Å².